The summed E-state index contributed by atoms with van der Waals surface area (Å²) >= 11 is 6.12. The molecule has 0 fully saturated rings. The highest BCUT2D eigenvalue weighted by atomic mass is 35.5. The van der Waals surface area contributed by atoms with Crippen molar-refractivity contribution in [2.45, 2.75) is 29.0 Å². The number of nitrogens with zero attached hydrogens (tertiary/aromatic N) is 1. The number of ether oxygens (including phenoxy) is 1. The fourth-order valence-electron chi connectivity index (χ4n) is 3.09. The van der Waals surface area contributed by atoms with E-state index < -0.39 is 45.7 Å². The third-order valence-corrected chi connectivity index (χ3v) is 7.07. The van der Waals surface area contributed by atoms with Crippen molar-refractivity contribution < 1.29 is 41.4 Å². The molecule has 0 atom stereocenters. The fraction of sp³-hybridized carbons (Fsp3) is 0.263. The number of halogens is 6. The molecule has 0 unspecified atom stereocenters. The van der Waals surface area contributed by atoms with Gasteiger partial charge in [-0.1, -0.05) is 11.6 Å². The van der Waals surface area contributed by atoms with Crippen molar-refractivity contribution in [3.8, 4) is 5.75 Å². The van der Waals surface area contributed by atoms with Crippen LogP contribution in [0.3, 0.4) is 0 Å². The van der Waals surface area contributed by atoms with E-state index in [1.165, 1.54) is 26.2 Å². The first-order chi connectivity index (χ1) is 14.8. The van der Waals surface area contributed by atoms with Crippen LogP contribution in [0.5, 0.6) is 5.75 Å². The molecule has 1 N–H and O–H groups in total. The van der Waals surface area contributed by atoms with Crippen molar-refractivity contribution in [3.05, 3.63) is 45.4 Å². The van der Waals surface area contributed by atoms with Gasteiger partial charge in [0, 0.05) is 11.1 Å². The number of alkyl halides is 5. The highest BCUT2D eigenvalue weighted by Gasteiger charge is 2.58. The van der Waals surface area contributed by atoms with Crippen molar-refractivity contribution in [1.29, 1.82) is 0 Å². The molecule has 5 nitrogen and oxygen atoms in total. The average Bonchev–Trinajstić information content (AvgIpc) is 3.23. The lowest BCUT2D eigenvalue weighted by Crippen LogP contribution is -2.32. The third kappa shape index (κ3) is 4.30. The summed E-state index contributed by atoms with van der Waals surface area (Å²) in [4.78, 5) is 24.4. The Hall–Kier alpha value is -2.31. The van der Waals surface area contributed by atoms with Gasteiger partial charge in [-0.2, -0.15) is 22.0 Å². The Morgan fingerprint density at radius 1 is 1.19 bits per heavy atom. The normalized spacial score (nSPS) is 12.4. The van der Waals surface area contributed by atoms with Crippen molar-refractivity contribution in [2.75, 3.05) is 7.11 Å². The summed E-state index contributed by atoms with van der Waals surface area (Å²) in [6.45, 7) is 1.49. The van der Waals surface area contributed by atoms with Crippen molar-refractivity contribution in [3.63, 3.8) is 0 Å². The Balaban J connectivity index is 2.10. The molecule has 0 radical (unpaired) electrons. The second-order valence-corrected chi connectivity index (χ2v) is 9.36. The molecule has 0 aliphatic carbocycles. The van der Waals surface area contributed by atoms with Gasteiger partial charge in [-0.25, -0.2) is 0 Å². The summed E-state index contributed by atoms with van der Waals surface area (Å²) < 4.78 is 70.0. The van der Waals surface area contributed by atoms with Gasteiger partial charge in [-0.3, -0.25) is 14.2 Å². The van der Waals surface area contributed by atoms with Gasteiger partial charge in [-0.05, 0) is 48.5 Å². The van der Waals surface area contributed by atoms with Gasteiger partial charge in [0.25, 0.3) is 5.91 Å². The van der Waals surface area contributed by atoms with Crippen LogP contribution in [0, 0.1) is 6.92 Å². The van der Waals surface area contributed by atoms with Crippen LogP contribution in [0.1, 0.15) is 20.9 Å². The number of methoxy groups -OCH3 is 1. The number of thiophene rings is 1. The SMILES string of the molecule is COc1ccc2c(c1Cl)c(CC(=O)O)c(C)n2C(=O)c1ccc(SC(F)(F)C(F)(F)F)s1. The van der Waals surface area contributed by atoms with Gasteiger partial charge in [0.05, 0.1) is 33.2 Å². The predicted octanol–water partition coefficient (Wildman–Crippen LogP) is 6.24. The number of carboxylic acid groups (broad SMARTS) is 1. The van der Waals surface area contributed by atoms with E-state index in [9.17, 15) is 36.6 Å². The number of carboxylic acids is 1. The maximum atomic E-state index is 13.3. The Labute approximate surface area is 190 Å². The first kappa shape index (κ1) is 24.3. The Morgan fingerprint density at radius 3 is 2.41 bits per heavy atom. The molecule has 3 aromatic rings. The number of aliphatic carboxylic acids is 1. The molecular weight excluding hydrogens is 501 g/mol. The van der Waals surface area contributed by atoms with E-state index in [-0.39, 0.29) is 37.8 Å². The summed E-state index contributed by atoms with van der Waals surface area (Å²) in [7, 11) is 1.36. The molecule has 0 spiro atoms. The molecule has 0 amide bonds. The zero-order valence-corrected chi connectivity index (χ0v) is 18.6. The second-order valence-electron chi connectivity index (χ2n) is 6.49. The van der Waals surface area contributed by atoms with E-state index in [1.54, 1.807) is 0 Å². The quantitative estimate of drug-likeness (QED) is 0.312. The van der Waals surface area contributed by atoms with Gasteiger partial charge in [0.2, 0.25) is 0 Å². The van der Waals surface area contributed by atoms with Crippen LogP contribution in [-0.4, -0.2) is 40.1 Å². The molecule has 2 heterocycles. The number of hydrogen-bond donors (Lipinski definition) is 1. The van der Waals surface area contributed by atoms with Gasteiger partial charge in [0.1, 0.15) is 5.75 Å². The fourth-order valence-corrected chi connectivity index (χ4v) is 5.36. The number of hydrogen-bond acceptors (Lipinski definition) is 5. The van der Waals surface area contributed by atoms with Crippen LogP contribution in [-0.2, 0) is 11.2 Å². The Bertz CT molecular complexity index is 1220. The number of fused-ring (bicyclic) bond motifs is 1. The summed E-state index contributed by atoms with van der Waals surface area (Å²) in [5.74, 6) is -1.65. The lowest BCUT2D eigenvalue weighted by atomic mass is 10.1. The lowest BCUT2D eigenvalue weighted by Gasteiger charge is -2.17. The summed E-state index contributed by atoms with van der Waals surface area (Å²) in [5.41, 5.74) is 0.739. The summed E-state index contributed by atoms with van der Waals surface area (Å²) in [6, 6.07) is 5.09. The number of thioether (sulfide) groups is 1. The molecule has 0 aliphatic heterocycles. The number of rotatable bonds is 6. The number of carbonyl (C=O) groups is 2. The molecule has 0 saturated heterocycles. The maximum Gasteiger partial charge on any atom is 0.464 e. The van der Waals surface area contributed by atoms with Gasteiger partial charge in [0.15, 0.2) is 0 Å². The minimum Gasteiger partial charge on any atom is -0.495 e. The molecule has 32 heavy (non-hydrogen) atoms. The van der Waals surface area contributed by atoms with Crippen molar-refractivity contribution in [1.82, 2.24) is 4.57 Å². The van der Waals surface area contributed by atoms with Crippen LogP contribution >= 0.6 is 34.7 Å². The van der Waals surface area contributed by atoms with E-state index in [0.717, 1.165) is 16.7 Å². The van der Waals surface area contributed by atoms with Crippen LogP contribution in [0.4, 0.5) is 22.0 Å². The molecular formula is C19H13ClF5NO4S2. The maximum absolute atomic E-state index is 13.3. The molecule has 0 aliphatic rings. The van der Waals surface area contributed by atoms with Crippen LogP contribution in [0.2, 0.25) is 5.02 Å². The zero-order valence-electron chi connectivity index (χ0n) is 16.2. The van der Waals surface area contributed by atoms with Crippen LogP contribution < -0.4 is 4.74 Å². The largest absolute Gasteiger partial charge is 0.495 e. The Morgan fingerprint density at radius 2 is 1.84 bits per heavy atom. The van der Waals surface area contributed by atoms with Gasteiger partial charge < -0.3 is 9.84 Å². The number of aromatic nitrogens is 1. The van der Waals surface area contributed by atoms with E-state index in [2.05, 4.69) is 0 Å². The monoisotopic (exact) mass is 513 g/mol. The smallest absolute Gasteiger partial charge is 0.464 e. The van der Waals surface area contributed by atoms with Gasteiger partial charge in [-0.15, -0.1) is 11.3 Å². The van der Waals surface area contributed by atoms with E-state index >= 15 is 0 Å². The Kier molecular flexibility index (Phi) is 6.51. The molecule has 13 heteroatoms. The van der Waals surface area contributed by atoms with Crippen molar-refractivity contribution >= 4 is 57.5 Å². The van der Waals surface area contributed by atoms with Gasteiger partial charge >= 0.3 is 17.4 Å². The number of carbonyl (C=O) groups excluding carboxylic acids is 1. The third-order valence-electron chi connectivity index (χ3n) is 4.50. The van der Waals surface area contributed by atoms with E-state index in [4.69, 9.17) is 16.3 Å². The van der Waals surface area contributed by atoms with E-state index in [0.29, 0.717) is 11.3 Å². The highest BCUT2D eigenvalue weighted by Crippen LogP contribution is 2.49. The molecule has 3 rings (SSSR count). The predicted molar refractivity (Wildman–Crippen MR) is 110 cm³/mol. The zero-order chi connectivity index (χ0) is 24.0. The topological polar surface area (TPSA) is 68.5 Å². The average molecular weight is 514 g/mol. The minimum atomic E-state index is -5.75. The lowest BCUT2D eigenvalue weighted by molar-refractivity contribution is -0.237. The van der Waals surface area contributed by atoms with Crippen molar-refractivity contribution in [2.24, 2.45) is 0 Å². The number of benzene rings is 1. The standard InChI is InChI=1S/C19H13ClF5NO4S2/c1-8-9(7-13(27)28)15-10(3-4-11(30-2)16(15)20)26(8)17(29)12-5-6-14(31-12)32-19(24,25)18(21,22)23/h3-6H,7H2,1-2H3,(H,27,28). The molecule has 0 bridgehead atoms. The summed E-state index contributed by atoms with van der Waals surface area (Å²) in [5, 5.41) is 4.62. The molecule has 172 valence electrons. The van der Waals surface area contributed by atoms with Crippen LogP contribution in [0.25, 0.3) is 10.9 Å². The summed E-state index contributed by atoms with van der Waals surface area (Å²) in [6.07, 6.45) is -6.21. The molecule has 0 saturated carbocycles. The second kappa shape index (κ2) is 8.56. The molecule has 1 aromatic carbocycles. The highest BCUT2D eigenvalue weighted by molar-refractivity contribution is 8.02. The first-order valence-corrected chi connectivity index (χ1v) is 10.7. The first-order valence-electron chi connectivity index (χ1n) is 8.64. The minimum absolute atomic E-state index is 0.0862. The van der Waals surface area contributed by atoms with E-state index in [1.807, 2.05) is 0 Å². The van der Waals surface area contributed by atoms with Crippen LogP contribution in [0.15, 0.2) is 28.5 Å². The molecule has 2 aromatic heterocycles.